The third-order valence-corrected chi connectivity index (χ3v) is 1.30. The maximum atomic E-state index is 10.0. The van der Waals surface area contributed by atoms with Crippen molar-refractivity contribution < 1.29 is 8.42 Å². The van der Waals surface area contributed by atoms with Crippen molar-refractivity contribution in [3.8, 4) is 0 Å². The molecule has 3 nitrogen and oxygen atoms in total. The van der Waals surface area contributed by atoms with E-state index >= 15 is 0 Å². The van der Waals surface area contributed by atoms with Gasteiger partial charge in [0.25, 0.3) is 0 Å². The normalized spacial score (nSPS) is 8.00. The zero-order chi connectivity index (χ0) is 7.40. The summed E-state index contributed by atoms with van der Waals surface area (Å²) in [5, 5.41) is 0. The van der Waals surface area contributed by atoms with Crippen LogP contribution < -0.4 is 0 Å². The molecule has 0 saturated carbocycles. The molecule has 0 N–H and O–H groups in total. The van der Waals surface area contributed by atoms with E-state index in [0.717, 1.165) is 0 Å². The first-order chi connectivity index (χ1) is 4.79. The Bertz CT molecular complexity index is 325. The van der Waals surface area contributed by atoms with Crippen molar-refractivity contribution in [3.63, 3.8) is 0 Å². The molecule has 1 aromatic rings. The van der Waals surface area contributed by atoms with Crippen LogP contribution in [0.5, 0.6) is 0 Å². The maximum Gasteiger partial charge on any atom is 0.316 e. The quantitative estimate of drug-likeness (QED) is 0.680. The summed E-state index contributed by atoms with van der Waals surface area (Å²) in [6.45, 7) is 0. The molecule has 0 aliphatic heterocycles. The lowest BCUT2D eigenvalue weighted by Gasteiger charge is -1.83. The number of hydrogen-bond donors (Lipinski definition) is 0. The standard InChI is InChI=1S/C6H5NO2S.ClH/c8-10(9)7-6-4-2-1-3-5-6;/h1-5H;1H. The average Bonchev–Trinajstić information content (AvgIpc) is 1.88. The lowest BCUT2D eigenvalue weighted by Crippen LogP contribution is -1.60. The van der Waals surface area contributed by atoms with E-state index in [1.807, 2.05) is 0 Å². The highest BCUT2D eigenvalue weighted by atomic mass is 35.5. The third kappa shape index (κ3) is 3.75. The summed E-state index contributed by atoms with van der Waals surface area (Å²) in [7, 11) is -2.34. The SMILES string of the molecule is Cl.O=S(=O)=Nc1ccccc1. The molecule has 0 amide bonds. The topological polar surface area (TPSA) is 46.5 Å². The van der Waals surface area contributed by atoms with Gasteiger partial charge >= 0.3 is 10.5 Å². The lowest BCUT2D eigenvalue weighted by atomic mass is 10.3. The van der Waals surface area contributed by atoms with Gasteiger partial charge in [-0.3, -0.25) is 0 Å². The summed E-state index contributed by atoms with van der Waals surface area (Å²) in [6, 6.07) is 8.50. The Balaban J connectivity index is 0.000001000. The van der Waals surface area contributed by atoms with Crippen LogP contribution in [-0.4, -0.2) is 8.42 Å². The molecule has 0 radical (unpaired) electrons. The fraction of sp³-hybridized carbons (Fsp3) is 0. The molecule has 11 heavy (non-hydrogen) atoms. The predicted octanol–water partition coefficient (Wildman–Crippen LogP) is 1.80. The van der Waals surface area contributed by atoms with Gasteiger partial charge in [-0.15, -0.1) is 16.8 Å². The van der Waals surface area contributed by atoms with Crippen LogP contribution in [-0.2, 0) is 10.5 Å². The van der Waals surface area contributed by atoms with E-state index in [0.29, 0.717) is 5.69 Å². The van der Waals surface area contributed by atoms with Crippen LogP contribution in [0.4, 0.5) is 5.69 Å². The average molecular weight is 192 g/mol. The number of hydrogen-bond acceptors (Lipinski definition) is 3. The van der Waals surface area contributed by atoms with E-state index in [9.17, 15) is 8.42 Å². The Hall–Kier alpha value is -0.870. The Morgan fingerprint density at radius 3 is 2.09 bits per heavy atom. The van der Waals surface area contributed by atoms with Crippen molar-refractivity contribution in [2.45, 2.75) is 0 Å². The highest BCUT2D eigenvalue weighted by molar-refractivity contribution is 7.61. The van der Waals surface area contributed by atoms with Crippen LogP contribution in [0, 0.1) is 0 Å². The minimum absolute atomic E-state index is 0. The van der Waals surface area contributed by atoms with Gasteiger partial charge in [0.1, 0.15) is 0 Å². The molecule has 0 fully saturated rings. The van der Waals surface area contributed by atoms with Crippen molar-refractivity contribution in [2.75, 3.05) is 0 Å². The molecule has 1 rings (SSSR count). The Morgan fingerprint density at radius 2 is 1.64 bits per heavy atom. The Morgan fingerprint density at radius 1 is 1.09 bits per heavy atom. The molecule has 0 atom stereocenters. The molecule has 60 valence electrons. The number of benzene rings is 1. The predicted molar refractivity (Wildman–Crippen MR) is 44.7 cm³/mol. The molecule has 0 unspecified atom stereocenters. The first kappa shape index (κ1) is 10.1. The maximum absolute atomic E-state index is 10.0. The summed E-state index contributed by atoms with van der Waals surface area (Å²) in [5.41, 5.74) is 0.454. The molecule has 0 aliphatic carbocycles. The van der Waals surface area contributed by atoms with E-state index in [1.54, 1.807) is 30.3 Å². The van der Waals surface area contributed by atoms with Gasteiger partial charge < -0.3 is 0 Å². The summed E-state index contributed by atoms with van der Waals surface area (Å²) in [5.74, 6) is 0. The zero-order valence-corrected chi connectivity index (χ0v) is 7.10. The molecule has 5 heteroatoms. The third-order valence-electron chi connectivity index (χ3n) is 0.936. The van der Waals surface area contributed by atoms with Crippen molar-refractivity contribution in [1.82, 2.24) is 0 Å². The first-order valence-corrected chi connectivity index (χ1v) is 3.68. The van der Waals surface area contributed by atoms with Crippen LogP contribution >= 0.6 is 12.4 Å². The van der Waals surface area contributed by atoms with Crippen LogP contribution in [0.25, 0.3) is 0 Å². The van der Waals surface area contributed by atoms with Crippen molar-refractivity contribution in [1.29, 1.82) is 0 Å². The van der Waals surface area contributed by atoms with Crippen LogP contribution in [0.2, 0.25) is 0 Å². The second-order valence-corrected chi connectivity index (χ2v) is 2.26. The molecule has 0 heterocycles. The molecule has 1 aromatic carbocycles. The minimum atomic E-state index is -2.34. The second kappa shape index (κ2) is 4.87. The summed E-state index contributed by atoms with van der Waals surface area (Å²) in [4.78, 5) is 0. The van der Waals surface area contributed by atoms with Crippen LogP contribution in [0.15, 0.2) is 34.7 Å². The molecule has 0 saturated heterocycles. The van der Waals surface area contributed by atoms with Gasteiger partial charge in [-0.2, -0.15) is 8.42 Å². The smallest absolute Gasteiger partial charge is 0.163 e. The van der Waals surface area contributed by atoms with E-state index in [1.165, 1.54) is 0 Å². The van der Waals surface area contributed by atoms with Crippen molar-refractivity contribution in [3.05, 3.63) is 30.3 Å². The van der Waals surface area contributed by atoms with Gasteiger partial charge in [0, 0.05) is 0 Å². The van der Waals surface area contributed by atoms with Gasteiger partial charge in [0.05, 0.1) is 5.69 Å². The van der Waals surface area contributed by atoms with Gasteiger partial charge in [-0.25, -0.2) is 0 Å². The molecule has 0 aromatic heterocycles. The molecular weight excluding hydrogens is 186 g/mol. The van der Waals surface area contributed by atoms with E-state index in [-0.39, 0.29) is 12.4 Å². The molecular formula is C6H6ClNO2S. The zero-order valence-electron chi connectivity index (χ0n) is 5.47. The summed E-state index contributed by atoms with van der Waals surface area (Å²) >= 11 is 0. The Labute approximate surface area is 72.2 Å². The largest absolute Gasteiger partial charge is 0.316 e. The van der Waals surface area contributed by atoms with E-state index < -0.39 is 10.5 Å². The number of rotatable bonds is 1. The highest BCUT2D eigenvalue weighted by Crippen LogP contribution is 2.07. The minimum Gasteiger partial charge on any atom is -0.163 e. The highest BCUT2D eigenvalue weighted by Gasteiger charge is 1.82. The van der Waals surface area contributed by atoms with Crippen LogP contribution in [0.1, 0.15) is 0 Å². The molecule has 0 bridgehead atoms. The van der Waals surface area contributed by atoms with E-state index in [4.69, 9.17) is 0 Å². The van der Waals surface area contributed by atoms with Crippen molar-refractivity contribution in [2.24, 2.45) is 4.36 Å². The Kier molecular flexibility index (Phi) is 4.49. The lowest BCUT2D eigenvalue weighted by molar-refractivity contribution is 0.622. The second-order valence-electron chi connectivity index (χ2n) is 1.64. The number of halogens is 1. The van der Waals surface area contributed by atoms with Gasteiger partial charge in [-0.05, 0) is 12.1 Å². The van der Waals surface area contributed by atoms with E-state index in [2.05, 4.69) is 4.36 Å². The summed E-state index contributed by atoms with van der Waals surface area (Å²) in [6.07, 6.45) is 0. The first-order valence-electron chi connectivity index (χ1n) is 2.65. The van der Waals surface area contributed by atoms with Gasteiger partial charge in [0.15, 0.2) is 0 Å². The molecule has 0 spiro atoms. The number of nitrogens with zero attached hydrogens (tertiary/aromatic N) is 1. The molecule has 0 aliphatic rings. The van der Waals surface area contributed by atoms with Crippen LogP contribution in [0.3, 0.4) is 0 Å². The fourth-order valence-corrected chi connectivity index (χ4v) is 0.869. The summed E-state index contributed by atoms with van der Waals surface area (Å²) < 4.78 is 23.3. The van der Waals surface area contributed by atoms with Gasteiger partial charge in [-0.1, -0.05) is 18.2 Å². The monoisotopic (exact) mass is 191 g/mol. The fourth-order valence-electron chi connectivity index (χ4n) is 0.575. The van der Waals surface area contributed by atoms with Crippen molar-refractivity contribution >= 4 is 28.6 Å². The van der Waals surface area contributed by atoms with Gasteiger partial charge in [0.2, 0.25) is 0 Å².